The van der Waals surface area contributed by atoms with Crippen LogP contribution in [0.3, 0.4) is 0 Å². The van der Waals surface area contributed by atoms with Crippen LogP contribution < -0.4 is 20.1 Å². The summed E-state index contributed by atoms with van der Waals surface area (Å²) in [5.41, 5.74) is 0.982. The summed E-state index contributed by atoms with van der Waals surface area (Å²) in [6.07, 6.45) is 4.33. The van der Waals surface area contributed by atoms with E-state index in [1.807, 2.05) is 55.1 Å². The molecule has 1 aliphatic heterocycles. The zero-order valence-corrected chi connectivity index (χ0v) is 21.7. The van der Waals surface area contributed by atoms with Gasteiger partial charge in [0.1, 0.15) is 0 Å². The maximum absolute atomic E-state index is 11.7. The summed E-state index contributed by atoms with van der Waals surface area (Å²) >= 11 is 0. The second-order valence-corrected chi connectivity index (χ2v) is 7.45. The van der Waals surface area contributed by atoms with Crippen molar-refractivity contribution in [3.63, 3.8) is 0 Å². The van der Waals surface area contributed by atoms with Gasteiger partial charge in [0.05, 0.1) is 13.2 Å². The third-order valence-electron chi connectivity index (χ3n) is 4.99. The van der Waals surface area contributed by atoms with E-state index < -0.39 is 0 Å². The van der Waals surface area contributed by atoms with E-state index in [4.69, 9.17) is 9.47 Å². The lowest BCUT2D eigenvalue weighted by Crippen LogP contribution is -2.39. The topological polar surface area (TPSA) is 88.1 Å². The highest BCUT2D eigenvalue weighted by Crippen LogP contribution is 2.30. The van der Waals surface area contributed by atoms with E-state index in [0.717, 1.165) is 50.5 Å². The zero-order chi connectivity index (χ0) is 22.6. The average molecular weight is 567 g/mol. The molecule has 1 aromatic heterocycles. The molecule has 1 fully saturated rings. The number of rotatable bonds is 11. The maximum atomic E-state index is 11.7. The van der Waals surface area contributed by atoms with Crippen molar-refractivity contribution in [1.29, 1.82) is 0 Å². The number of carbonyl (C=O) groups excluding carboxylic acids is 1. The minimum Gasteiger partial charge on any atom is -0.490 e. The van der Waals surface area contributed by atoms with Gasteiger partial charge < -0.3 is 25.0 Å². The van der Waals surface area contributed by atoms with Crippen molar-refractivity contribution in [1.82, 2.24) is 20.5 Å². The lowest BCUT2D eigenvalue weighted by Gasteiger charge is -2.16. The minimum absolute atomic E-state index is 0. The molecule has 33 heavy (non-hydrogen) atoms. The van der Waals surface area contributed by atoms with E-state index >= 15 is 0 Å². The fourth-order valence-corrected chi connectivity index (χ4v) is 3.42. The third-order valence-corrected chi connectivity index (χ3v) is 4.99. The average Bonchev–Trinajstić information content (AvgIpc) is 3.22. The van der Waals surface area contributed by atoms with Crippen LogP contribution in [0.2, 0.25) is 0 Å². The number of amides is 1. The number of ether oxygens (including phenoxy) is 2. The van der Waals surface area contributed by atoms with Crippen molar-refractivity contribution < 1.29 is 14.3 Å². The number of para-hydroxylation sites is 2. The van der Waals surface area contributed by atoms with Gasteiger partial charge in [-0.15, -0.1) is 24.0 Å². The first-order valence-corrected chi connectivity index (χ1v) is 11.3. The van der Waals surface area contributed by atoms with Crippen molar-refractivity contribution in [2.24, 2.45) is 4.99 Å². The molecule has 1 amide bonds. The standard InChI is InChI=1S/C24H33N5O3.HI/c1-3-25-24(26-14-8-16-29-15-7-11-23(29)30)28-18-19-12-13-22(27-17-19)32-21-10-6-5-9-20(21)31-4-2;/h5-6,9-10,12-13,17H,3-4,7-8,11,14-16,18H2,1-2H3,(H2,25,26,28);1H. The second-order valence-electron chi connectivity index (χ2n) is 7.45. The monoisotopic (exact) mass is 567 g/mol. The van der Waals surface area contributed by atoms with Crippen LogP contribution in [-0.4, -0.2) is 54.5 Å². The van der Waals surface area contributed by atoms with Gasteiger partial charge in [-0.2, -0.15) is 0 Å². The minimum atomic E-state index is 0. The Morgan fingerprint density at radius 1 is 1.15 bits per heavy atom. The molecule has 0 radical (unpaired) electrons. The van der Waals surface area contributed by atoms with Gasteiger partial charge >= 0.3 is 0 Å². The summed E-state index contributed by atoms with van der Waals surface area (Å²) in [7, 11) is 0. The number of likely N-dealkylation sites (tertiary alicyclic amines) is 1. The first kappa shape index (κ1) is 26.7. The number of guanidine groups is 1. The summed E-state index contributed by atoms with van der Waals surface area (Å²) in [6.45, 7) is 8.27. The summed E-state index contributed by atoms with van der Waals surface area (Å²) in [4.78, 5) is 22.7. The SMILES string of the molecule is CCNC(=NCc1ccc(Oc2ccccc2OCC)nc1)NCCCN1CCCC1=O.I. The Labute approximate surface area is 213 Å². The highest BCUT2D eigenvalue weighted by molar-refractivity contribution is 14.0. The highest BCUT2D eigenvalue weighted by atomic mass is 127. The zero-order valence-electron chi connectivity index (χ0n) is 19.4. The number of hydrogen-bond donors (Lipinski definition) is 2. The molecule has 9 heteroatoms. The van der Waals surface area contributed by atoms with Crippen LogP contribution in [-0.2, 0) is 11.3 Å². The molecule has 0 atom stereocenters. The Hall–Kier alpha value is -2.56. The van der Waals surface area contributed by atoms with Gasteiger partial charge in [0, 0.05) is 44.9 Å². The van der Waals surface area contributed by atoms with E-state index in [1.54, 1.807) is 6.20 Å². The number of aliphatic imine (C=N–C) groups is 1. The number of nitrogens with one attached hydrogen (secondary N) is 2. The molecular formula is C24H34IN5O3. The summed E-state index contributed by atoms with van der Waals surface area (Å²) in [5.74, 6) is 2.87. The van der Waals surface area contributed by atoms with Crippen LogP contribution in [0.5, 0.6) is 17.4 Å². The van der Waals surface area contributed by atoms with Gasteiger partial charge in [0.15, 0.2) is 17.5 Å². The number of carbonyl (C=O) groups is 1. The molecule has 1 saturated heterocycles. The molecule has 0 spiro atoms. The van der Waals surface area contributed by atoms with Crippen molar-refractivity contribution in [2.75, 3.05) is 32.8 Å². The van der Waals surface area contributed by atoms with Gasteiger partial charge in [-0.3, -0.25) is 4.79 Å². The van der Waals surface area contributed by atoms with Gasteiger partial charge in [-0.25, -0.2) is 9.98 Å². The third kappa shape index (κ3) is 8.71. The number of benzene rings is 1. The number of hydrogen-bond acceptors (Lipinski definition) is 5. The molecule has 1 aromatic carbocycles. The molecule has 0 aliphatic carbocycles. The fraction of sp³-hybridized carbons (Fsp3) is 0.458. The number of pyridine rings is 1. The normalized spacial score (nSPS) is 13.5. The molecule has 0 unspecified atom stereocenters. The smallest absolute Gasteiger partial charge is 0.222 e. The lowest BCUT2D eigenvalue weighted by atomic mass is 10.3. The number of aromatic nitrogens is 1. The van der Waals surface area contributed by atoms with Gasteiger partial charge in [0.2, 0.25) is 11.8 Å². The molecule has 0 bridgehead atoms. The predicted molar refractivity (Wildman–Crippen MR) is 141 cm³/mol. The van der Waals surface area contributed by atoms with Gasteiger partial charge in [-0.1, -0.05) is 18.2 Å². The Bertz CT molecular complexity index is 892. The molecule has 2 N–H and O–H groups in total. The molecule has 2 heterocycles. The Balaban J connectivity index is 0.00000385. The van der Waals surface area contributed by atoms with Gasteiger partial charge in [0.25, 0.3) is 0 Å². The maximum Gasteiger partial charge on any atom is 0.222 e. The molecule has 1 aliphatic rings. The molecule has 2 aromatic rings. The molecule has 0 saturated carbocycles. The quantitative estimate of drug-likeness (QED) is 0.185. The molecule has 3 rings (SSSR count). The van der Waals surface area contributed by atoms with E-state index in [9.17, 15) is 4.79 Å². The first-order chi connectivity index (χ1) is 15.7. The molecule has 8 nitrogen and oxygen atoms in total. The Kier molecular flexibility index (Phi) is 11.8. The van der Waals surface area contributed by atoms with Crippen LogP contribution in [0.15, 0.2) is 47.6 Å². The highest BCUT2D eigenvalue weighted by Gasteiger charge is 2.18. The fourth-order valence-electron chi connectivity index (χ4n) is 3.42. The van der Waals surface area contributed by atoms with E-state index in [0.29, 0.717) is 37.0 Å². The molecule has 180 valence electrons. The summed E-state index contributed by atoms with van der Waals surface area (Å²) in [6, 6.07) is 11.3. The van der Waals surface area contributed by atoms with Crippen LogP contribution in [0.25, 0.3) is 0 Å². The second kappa shape index (κ2) is 14.6. The van der Waals surface area contributed by atoms with Crippen LogP contribution >= 0.6 is 24.0 Å². The largest absolute Gasteiger partial charge is 0.490 e. The first-order valence-electron chi connectivity index (χ1n) is 11.3. The van der Waals surface area contributed by atoms with Crippen molar-refractivity contribution >= 4 is 35.8 Å². The van der Waals surface area contributed by atoms with E-state index in [2.05, 4.69) is 20.6 Å². The number of halogens is 1. The molecular weight excluding hydrogens is 533 g/mol. The van der Waals surface area contributed by atoms with Crippen LogP contribution in [0, 0.1) is 0 Å². The van der Waals surface area contributed by atoms with Crippen LogP contribution in [0.4, 0.5) is 0 Å². The summed E-state index contributed by atoms with van der Waals surface area (Å²) < 4.78 is 11.5. The predicted octanol–water partition coefficient (Wildman–Crippen LogP) is 3.96. The summed E-state index contributed by atoms with van der Waals surface area (Å²) in [5, 5.41) is 6.59. The Morgan fingerprint density at radius 2 is 1.97 bits per heavy atom. The Morgan fingerprint density at radius 3 is 2.64 bits per heavy atom. The van der Waals surface area contributed by atoms with Crippen molar-refractivity contribution in [3.8, 4) is 17.4 Å². The van der Waals surface area contributed by atoms with Gasteiger partial charge in [-0.05, 0) is 44.4 Å². The van der Waals surface area contributed by atoms with Crippen LogP contribution in [0.1, 0.15) is 38.7 Å². The van der Waals surface area contributed by atoms with E-state index in [-0.39, 0.29) is 29.9 Å². The van der Waals surface area contributed by atoms with Crippen molar-refractivity contribution in [2.45, 2.75) is 39.7 Å². The lowest BCUT2D eigenvalue weighted by molar-refractivity contribution is -0.127. The van der Waals surface area contributed by atoms with E-state index in [1.165, 1.54) is 0 Å². The number of nitrogens with zero attached hydrogens (tertiary/aromatic N) is 3. The van der Waals surface area contributed by atoms with Crippen molar-refractivity contribution in [3.05, 3.63) is 48.2 Å².